The van der Waals surface area contributed by atoms with Crippen LogP contribution >= 0.6 is 11.8 Å². The second-order valence-corrected chi connectivity index (χ2v) is 6.24. The van der Waals surface area contributed by atoms with Crippen molar-refractivity contribution in [2.24, 2.45) is 0 Å². The Bertz CT molecular complexity index is 454. The molecule has 4 nitrogen and oxygen atoms in total. The van der Waals surface area contributed by atoms with Crippen LogP contribution in [0.3, 0.4) is 0 Å². The highest BCUT2D eigenvalue weighted by molar-refractivity contribution is 7.99. The zero-order valence-electron chi connectivity index (χ0n) is 12.3. The van der Waals surface area contributed by atoms with Crippen LogP contribution in [0.4, 0.5) is 0 Å². The summed E-state index contributed by atoms with van der Waals surface area (Å²) in [5, 5.41) is 2.72. The Morgan fingerprint density at radius 2 is 1.85 bits per heavy atom. The van der Waals surface area contributed by atoms with Crippen LogP contribution in [0, 0.1) is 0 Å². The van der Waals surface area contributed by atoms with Gasteiger partial charge in [0.1, 0.15) is 5.60 Å². The molecule has 0 aliphatic heterocycles. The number of amides is 1. The molecular formula is C15H21NO3S. The van der Waals surface area contributed by atoms with Crippen LogP contribution in [-0.2, 0) is 14.3 Å². The van der Waals surface area contributed by atoms with Crippen LogP contribution in [0.2, 0.25) is 0 Å². The van der Waals surface area contributed by atoms with Crippen molar-refractivity contribution in [2.45, 2.75) is 32.4 Å². The summed E-state index contributed by atoms with van der Waals surface area (Å²) in [5.41, 5.74) is 0.130. The Hall–Kier alpha value is -1.49. The van der Waals surface area contributed by atoms with Gasteiger partial charge in [0, 0.05) is 0 Å². The lowest BCUT2D eigenvalue weighted by Crippen LogP contribution is -2.38. The van der Waals surface area contributed by atoms with Crippen molar-refractivity contribution in [3.63, 3.8) is 0 Å². The maximum atomic E-state index is 12.3. The summed E-state index contributed by atoms with van der Waals surface area (Å²) in [6, 6.07) is 8.34. The molecule has 20 heavy (non-hydrogen) atoms. The van der Waals surface area contributed by atoms with E-state index in [-0.39, 0.29) is 5.91 Å². The Labute approximate surface area is 124 Å². The van der Waals surface area contributed by atoms with E-state index < -0.39 is 17.6 Å². The topological polar surface area (TPSA) is 55.4 Å². The zero-order chi connectivity index (χ0) is 15.2. The lowest BCUT2D eigenvalue weighted by molar-refractivity contribution is -0.158. The number of nitrogens with one attached hydrogen (secondary N) is 1. The lowest BCUT2D eigenvalue weighted by atomic mass is 10.1. The normalized spacial score (nSPS) is 12.6. The van der Waals surface area contributed by atoms with Gasteiger partial charge in [-0.1, -0.05) is 30.3 Å². The van der Waals surface area contributed by atoms with Crippen molar-refractivity contribution in [2.75, 3.05) is 12.0 Å². The molecule has 1 amide bonds. The van der Waals surface area contributed by atoms with Gasteiger partial charge in [-0.15, -0.1) is 0 Å². The summed E-state index contributed by atoms with van der Waals surface area (Å²) >= 11 is 1.41. The van der Waals surface area contributed by atoms with Crippen molar-refractivity contribution in [1.82, 2.24) is 5.32 Å². The van der Waals surface area contributed by atoms with Gasteiger partial charge in [0.05, 0.1) is 5.75 Å². The minimum absolute atomic E-state index is 0.183. The van der Waals surface area contributed by atoms with Crippen LogP contribution in [0.1, 0.15) is 32.4 Å². The highest BCUT2D eigenvalue weighted by atomic mass is 32.2. The fourth-order valence-corrected chi connectivity index (χ4v) is 1.96. The number of carbonyl (C=O) groups is 2. The first-order chi connectivity index (χ1) is 9.33. The van der Waals surface area contributed by atoms with Crippen molar-refractivity contribution in [3.8, 4) is 0 Å². The van der Waals surface area contributed by atoms with Crippen LogP contribution in [-0.4, -0.2) is 29.5 Å². The van der Waals surface area contributed by atoms with E-state index in [4.69, 9.17) is 4.74 Å². The number of esters is 1. The summed E-state index contributed by atoms with van der Waals surface area (Å²) in [6.45, 7) is 5.41. The fraction of sp³-hybridized carbons (Fsp3) is 0.467. The number of carbonyl (C=O) groups excluding carboxylic acids is 2. The molecule has 0 unspecified atom stereocenters. The average Bonchev–Trinajstić information content (AvgIpc) is 2.35. The van der Waals surface area contributed by atoms with Gasteiger partial charge in [0.25, 0.3) is 0 Å². The third kappa shape index (κ3) is 5.65. The van der Waals surface area contributed by atoms with Crippen LogP contribution < -0.4 is 5.32 Å². The van der Waals surface area contributed by atoms with E-state index in [0.717, 1.165) is 5.56 Å². The van der Waals surface area contributed by atoms with Crippen LogP contribution in [0.5, 0.6) is 0 Å². The van der Waals surface area contributed by atoms with Crippen molar-refractivity contribution >= 4 is 23.6 Å². The summed E-state index contributed by atoms with van der Waals surface area (Å²) in [6.07, 6.45) is 1.84. The fourth-order valence-electron chi connectivity index (χ4n) is 1.62. The summed E-state index contributed by atoms with van der Waals surface area (Å²) in [4.78, 5) is 24.0. The second kappa shape index (κ2) is 7.33. The standard InChI is InChI=1S/C15H21NO3S/c1-15(2,3)19-14(18)13(16-12(17)10-20-4)11-8-6-5-7-9-11/h5-9,13H,10H2,1-4H3,(H,16,17)/t13-/m1/s1. The lowest BCUT2D eigenvalue weighted by Gasteiger charge is -2.24. The van der Waals surface area contributed by atoms with Gasteiger partial charge in [-0.2, -0.15) is 11.8 Å². The SMILES string of the molecule is CSCC(=O)N[C@@H](C(=O)OC(C)(C)C)c1ccccc1. The Morgan fingerprint density at radius 1 is 1.25 bits per heavy atom. The quantitative estimate of drug-likeness (QED) is 0.848. The molecule has 0 aliphatic rings. The largest absolute Gasteiger partial charge is 0.458 e. The van der Waals surface area contributed by atoms with Gasteiger partial charge in [-0.25, -0.2) is 4.79 Å². The van der Waals surface area contributed by atoms with Gasteiger partial charge < -0.3 is 10.1 Å². The first kappa shape index (κ1) is 16.6. The third-order valence-electron chi connectivity index (χ3n) is 2.36. The molecule has 110 valence electrons. The highest BCUT2D eigenvalue weighted by Gasteiger charge is 2.27. The molecule has 1 atom stereocenters. The Balaban J connectivity index is 2.90. The van der Waals surface area contributed by atoms with Gasteiger partial charge in [0.15, 0.2) is 6.04 Å². The predicted molar refractivity (Wildman–Crippen MR) is 81.6 cm³/mol. The second-order valence-electron chi connectivity index (χ2n) is 5.38. The molecule has 0 saturated carbocycles. The molecular weight excluding hydrogens is 274 g/mol. The minimum Gasteiger partial charge on any atom is -0.458 e. The maximum absolute atomic E-state index is 12.3. The summed E-state index contributed by atoms with van der Waals surface area (Å²) in [5.74, 6) is -0.318. The van der Waals surface area contributed by atoms with E-state index in [9.17, 15) is 9.59 Å². The molecule has 1 N–H and O–H groups in total. The van der Waals surface area contributed by atoms with Crippen LogP contribution in [0.15, 0.2) is 30.3 Å². The molecule has 0 fully saturated rings. The molecule has 0 spiro atoms. The van der Waals surface area contributed by atoms with Gasteiger partial charge in [0.2, 0.25) is 5.91 Å². The number of benzene rings is 1. The van der Waals surface area contributed by atoms with Crippen molar-refractivity contribution in [1.29, 1.82) is 0 Å². The Kier molecular flexibility index (Phi) is 6.07. The molecule has 1 aromatic carbocycles. The average molecular weight is 295 g/mol. The van der Waals surface area contributed by atoms with E-state index in [1.54, 1.807) is 32.9 Å². The molecule has 0 radical (unpaired) electrons. The first-order valence-corrected chi connectivity index (χ1v) is 7.79. The predicted octanol–water partition coefficient (Wildman–Crippen LogP) is 2.55. The number of rotatable bonds is 5. The summed E-state index contributed by atoms with van der Waals surface area (Å²) in [7, 11) is 0. The van der Waals surface area contributed by atoms with Crippen LogP contribution in [0.25, 0.3) is 0 Å². The molecule has 0 saturated heterocycles. The van der Waals surface area contributed by atoms with E-state index in [2.05, 4.69) is 5.32 Å². The number of thioether (sulfide) groups is 1. The van der Waals surface area contributed by atoms with Crippen molar-refractivity contribution in [3.05, 3.63) is 35.9 Å². The van der Waals surface area contributed by atoms with E-state index in [0.29, 0.717) is 5.75 Å². The smallest absolute Gasteiger partial charge is 0.333 e. The van der Waals surface area contributed by atoms with Gasteiger partial charge in [-0.05, 0) is 32.6 Å². The molecule has 0 aromatic heterocycles. The number of hydrogen-bond donors (Lipinski definition) is 1. The van der Waals surface area contributed by atoms with Crippen molar-refractivity contribution < 1.29 is 14.3 Å². The number of hydrogen-bond acceptors (Lipinski definition) is 4. The van der Waals surface area contributed by atoms with Gasteiger partial charge in [-0.3, -0.25) is 4.79 Å². The van der Waals surface area contributed by atoms with E-state index in [1.165, 1.54) is 11.8 Å². The Morgan fingerprint density at radius 3 is 2.35 bits per heavy atom. The maximum Gasteiger partial charge on any atom is 0.333 e. The molecule has 0 bridgehead atoms. The molecule has 1 aromatic rings. The molecule has 0 aliphatic carbocycles. The van der Waals surface area contributed by atoms with Gasteiger partial charge >= 0.3 is 5.97 Å². The zero-order valence-corrected chi connectivity index (χ0v) is 13.1. The highest BCUT2D eigenvalue weighted by Crippen LogP contribution is 2.18. The van der Waals surface area contributed by atoms with E-state index >= 15 is 0 Å². The monoisotopic (exact) mass is 295 g/mol. The number of ether oxygens (including phenoxy) is 1. The van der Waals surface area contributed by atoms with E-state index in [1.807, 2.05) is 24.5 Å². The third-order valence-corrected chi connectivity index (χ3v) is 2.91. The molecule has 1 rings (SSSR count). The first-order valence-electron chi connectivity index (χ1n) is 6.39. The molecule has 0 heterocycles. The minimum atomic E-state index is -0.768. The molecule has 5 heteroatoms. The summed E-state index contributed by atoms with van der Waals surface area (Å²) < 4.78 is 5.37.